The highest BCUT2D eigenvalue weighted by molar-refractivity contribution is 5.83. The van der Waals surface area contributed by atoms with E-state index in [1.807, 2.05) is 83.8 Å². The van der Waals surface area contributed by atoms with Crippen molar-refractivity contribution in [3.63, 3.8) is 0 Å². The molecule has 1 aliphatic heterocycles. The van der Waals surface area contributed by atoms with Gasteiger partial charge in [-0.25, -0.2) is 0 Å². The molecule has 0 saturated carbocycles. The van der Waals surface area contributed by atoms with Gasteiger partial charge in [-0.2, -0.15) is 0 Å². The second-order valence-electron chi connectivity index (χ2n) is 7.93. The van der Waals surface area contributed by atoms with Crippen LogP contribution < -0.4 is 5.32 Å². The lowest BCUT2D eigenvalue weighted by Gasteiger charge is -2.40. The van der Waals surface area contributed by atoms with Gasteiger partial charge < -0.3 is 10.0 Å². The molecule has 0 aliphatic carbocycles. The monoisotopic (exact) mass is 400 g/mol. The lowest BCUT2D eigenvalue weighted by atomic mass is 9.84. The average Bonchev–Trinajstić information content (AvgIpc) is 2.81. The van der Waals surface area contributed by atoms with Gasteiger partial charge in [0.2, 0.25) is 5.91 Å². The van der Waals surface area contributed by atoms with Gasteiger partial charge in [0.05, 0.1) is 5.60 Å². The maximum absolute atomic E-state index is 13.4. The van der Waals surface area contributed by atoms with Gasteiger partial charge in [0.15, 0.2) is 0 Å². The zero-order chi connectivity index (χ0) is 20.8. The van der Waals surface area contributed by atoms with Gasteiger partial charge in [-0.05, 0) is 29.5 Å². The molecule has 1 saturated heterocycles. The average molecular weight is 401 g/mol. The van der Waals surface area contributed by atoms with Crippen LogP contribution in [0.2, 0.25) is 0 Å². The van der Waals surface area contributed by atoms with E-state index in [0.717, 1.165) is 16.7 Å². The van der Waals surface area contributed by atoms with E-state index in [4.69, 9.17) is 0 Å². The first kappa shape index (κ1) is 20.3. The summed E-state index contributed by atoms with van der Waals surface area (Å²) in [6.07, 6.45) is 1.09. The predicted octanol–water partition coefficient (Wildman–Crippen LogP) is 4.03. The van der Waals surface area contributed by atoms with Gasteiger partial charge in [-0.15, -0.1) is 0 Å². The molecule has 0 aromatic heterocycles. The molecular weight excluding hydrogens is 372 g/mol. The molecule has 4 rings (SSSR count). The largest absolute Gasteiger partial charge is 0.385 e. The number of nitrogens with one attached hydrogen (secondary N) is 1. The van der Waals surface area contributed by atoms with Crippen molar-refractivity contribution in [2.45, 2.75) is 31.0 Å². The van der Waals surface area contributed by atoms with Crippen molar-refractivity contribution in [1.29, 1.82) is 0 Å². The quantitative estimate of drug-likeness (QED) is 0.657. The van der Waals surface area contributed by atoms with Gasteiger partial charge in [-0.1, -0.05) is 91.0 Å². The zero-order valence-corrected chi connectivity index (χ0v) is 17.1. The molecule has 4 nitrogen and oxygen atoms in total. The Hall–Kier alpha value is -2.95. The van der Waals surface area contributed by atoms with Gasteiger partial charge >= 0.3 is 0 Å². The smallest absolute Gasteiger partial charge is 0.244 e. The van der Waals surface area contributed by atoms with Crippen LogP contribution in [0.15, 0.2) is 91.0 Å². The van der Waals surface area contributed by atoms with Crippen LogP contribution in [0.3, 0.4) is 0 Å². The molecule has 2 N–H and O–H groups in total. The molecule has 1 aliphatic rings. The second-order valence-corrected chi connectivity index (χ2v) is 7.93. The zero-order valence-electron chi connectivity index (χ0n) is 17.1. The fraction of sp³-hybridized carbons (Fsp3) is 0.269. The first-order valence-electron chi connectivity index (χ1n) is 10.5. The SMILES string of the molecule is O=C(C(NCc1ccccc1)c1ccccc1)N1CCC(O)(c2ccccc2)CC1. The Balaban J connectivity index is 1.47. The number of carbonyl (C=O) groups is 1. The van der Waals surface area contributed by atoms with Crippen molar-refractivity contribution in [2.75, 3.05) is 13.1 Å². The third-order valence-corrected chi connectivity index (χ3v) is 5.95. The summed E-state index contributed by atoms with van der Waals surface area (Å²) in [5.41, 5.74) is 2.17. The third kappa shape index (κ3) is 4.61. The van der Waals surface area contributed by atoms with E-state index >= 15 is 0 Å². The minimum absolute atomic E-state index is 0.0623. The molecule has 1 amide bonds. The van der Waals surface area contributed by atoms with Crippen molar-refractivity contribution in [1.82, 2.24) is 10.2 Å². The van der Waals surface area contributed by atoms with Crippen LogP contribution in [0.1, 0.15) is 35.6 Å². The molecule has 0 radical (unpaired) electrons. The molecule has 1 fully saturated rings. The summed E-state index contributed by atoms with van der Waals surface area (Å²) in [6, 6.07) is 29.4. The van der Waals surface area contributed by atoms with E-state index < -0.39 is 11.6 Å². The molecule has 154 valence electrons. The van der Waals surface area contributed by atoms with Crippen molar-refractivity contribution >= 4 is 5.91 Å². The van der Waals surface area contributed by atoms with E-state index in [1.54, 1.807) is 0 Å². The summed E-state index contributed by atoms with van der Waals surface area (Å²) in [6.45, 7) is 1.70. The van der Waals surface area contributed by atoms with Crippen LogP contribution >= 0.6 is 0 Å². The maximum atomic E-state index is 13.4. The van der Waals surface area contributed by atoms with Crippen molar-refractivity contribution < 1.29 is 9.90 Å². The third-order valence-electron chi connectivity index (χ3n) is 5.95. The number of benzene rings is 3. The summed E-state index contributed by atoms with van der Waals surface area (Å²) in [7, 11) is 0. The topological polar surface area (TPSA) is 52.6 Å². The minimum atomic E-state index is -0.863. The van der Waals surface area contributed by atoms with Crippen LogP contribution in [0.5, 0.6) is 0 Å². The van der Waals surface area contributed by atoms with Crippen LogP contribution in [0.25, 0.3) is 0 Å². The molecule has 0 bridgehead atoms. The Kier molecular flexibility index (Phi) is 6.26. The highest BCUT2D eigenvalue weighted by atomic mass is 16.3. The Labute approximate surface area is 178 Å². The van der Waals surface area contributed by atoms with Crippen LogP contribution in [-0.4, -0.2) is 29.0 Å². The molecule has 1 unspecified atom stereocenters. The lowest BCUT2D eigenvalue weighted by molar-refractivity contribution is -0.138. The summed E-state index contributed by atoms with van der Waals surface area (Å²) in [5, 5.41) is 14.5. The highest BCUT2D eigenvalue weighted by Crippen LogP contribution is 2.33. The normalized spacial score (nSPS) is 16.8. The Morgan fingerprint density at radius 2 is 1.40 bits per heavy atom. The van der Waals surface area contributed by atoms with E-state index in [1.165, 1.54) is 0 Å². The fourth-order valence-corrected chi connectivity index (χ4v) is 4.13. The number of aliphatic hydroxyl groups is 1. The second kappa shape index (κ2) is 9.24. The summed E-state index contributed by atoms with van der Waals surface area (Å²) in [5.74, 6) is 0.0623. The summed E-state index contributed by atoms with van der Waals surface area (Å²) < 4.78 is 0. The molecule has 4 heteroatoms. The molecule has 0 spiro atoms. The van der Waals surface area contributed by atoms with Gasteiger partial charge in [-0.3, -0.25) is 10.1 Å². The number of piperidine rings is 1. The lowest BCUT2D eigenvalue weighted by Crippen LogP contribution is -2.48. The number of carbonyl (C=O) groups excluding carboxylic acids is 1. The number of hydrogen-bond donors (Lipinski definition) is 2. The molecular formula is C26H28N2O2. The maximum Gasteiger partial charge on any atom is 0.244 e. The number of nitrogens with zero attached hydrogens (tertiary/aromatic N) is 1. The van der Waals surface area contributed by atoms with Gasteiger partial charge in [0.25, 0.3) is 0 Å². The first-order valence-corrected chi connectivity index (χ1v) is 10.5. The highest BCUT2D eigenvalue weighted by Gasteiger charge is 2.37. The molecule has 30 heavy (non-hydrogen) atoms. The number of amides is 1. The van der Waals surface area contributed by atoms with Gasteiger partial charge in [0, 0.05) is 19.6 Å². The van der Waals surface area contributed by atoms with E-state index in [-0.39, 0.29) is 5.91 Å². The predicted molar refractivity (Wildman–Crippen MR) is 119 cm³/mol. The van der Waals surface area contributed by atoms with Gasteiger partial charge in [0.1, 0.15) is 6.04 Å². The standard InChI is InChI=1S/C26H28N2O2/c29-25(28-18-16-26(30,17-19-28)23-14-8-3-9-15-23)24(22-12-6-2-7-13-22)27-20-21-10-4-1-5-11-21/h1-15,24,27,30H,16-20H2. The van der Waals surface area contributed by atoms with Crippen LogP contribution in [-0.2, 0) is 16.9 Å². The summed E-state index contributed by atoms with van der Waals surface area (Å²) >= 11 is 0. The molecule has 1 atom stereocenters. The molecule has 3 aromatic rings. The molecule has 1 heterocycles. The summed E-state index contributed by atoms with van der Waals surface area (Å²) in [4.78, 5) is 15.3. The fourth-order valence-electron chi connectivity index (χ4n) is 4.13. The van der Waals surface area contributed by atoms with Crippen molar-refractivity contribution in [3.05, 3.63) is 108 Å². The van der Waals surface area contributed by atoms with E-state index in [9.17, 15) is 9.90 Å². The van der Waals surface area contributed by atoms with Crippen LogP contribution in [0, 0.1) is 0 Å². The Bertz CT molecular complexity index is 937. The van der Waals surface area contributed by atoms with Crippen LogP contribution in [0.4, 0.5) is 0 Å². The number of hydrogen-bond acceptors (Lipinski definition) is 3. The first-order chi connectivity index (χ1) is 14.7. The van der Waals surface area contributed by atoms with Crippen molar-refractivity contribution in [3.8, 4) is 0 Å². The van der Waals surface area contributed by atoms with E-state index in [2.05, 4.69) is 17.4 Å². The Morgan fingerprint density at radius 3 is 2.00 bits per heavy atom. The number of likely N-dealkylation sites (tertiary alicyclic amines) is 1. The molecule has 3 aromatic carbocycles. The van der Waals surface area contributed by atoms with Crippen molar-refractivity contribution in [2.24, 2.45) is 0 Å². The Morgan fingerprint density at radius 1 is 0.867 bits per heavy atom. The van der Waals surface area contributed by atoms with E-state index in [0.29, 0.717) is 32.5 Å². The minimum Gasteiger partial charge on any atom is -0.385 e. The number of rotatable bonds is 6.